The summed E-state index contributed by atoms with van der Waals surface area (Å²) < 4.78 is 0. The van der Waals surface area contributed by atoms with Crippen LogP contribution in [0.15, 0.2) is 0 Å². The highest BCUT2D eigenvalue weighted by Crippen LogP contribution is 2.26. The van der Waals surface area contributed by atoms with E-state index in [1.165, 1.54) is 103 Å². The molecule has 0 heteroatoms. The molecular formula is C22H46. The van der Waals surface area contributed by atoms with Crippen LogP contribution in [0, 0.1) is 11.8 Å². The van der Waals surface area contributed by atoms with Crippen LogP contribution < -0.4 is 0 Å². The van der Waals surface area contributed by atoms with Gasteiger partial charge in [0.2, 0.25) is 0 Å². The molecule has 0 aliphatic rings. The van der Waals surface area contributed by atoms with Gasteiger partial charge in [-0.3, -0.25) is 0 Å². The zero-order valence-corrected chi connectivity index (χ0v) is 16.5. The van der Waals surface area contributed by atoms with Gasteiger partial charge in [-0.25, -0.2) is 0 Å². The Balaban J connectivity index is 3.56. The molecule has 0 saturated carbocycles. The molecule has 0 aromatic carbocycles. The predicted octanol–water partition coefficient (Wildman–Crippen LogP) is 8.54. The molecule has 22 heavy (non-hydrogen) atoms. The van der Waals surface area contributed by atoms with E-state index in [-0.39, 0.29) is 0 Å². The van der Waals surface area contributed by atoms with Crippen molar-refractivity contribution < 1.29 is 0 Å². The Hall–Kier alpha value is 0. The molecule has 0 bridgehead atoms. The van der Waals surface area contributed by atoms with E-state index in [1.807, 2.05) is 0 Å². The van der Waals surface area contributed by atoms with Crippen LogP contribution in [-0.2, 0) is 0 Å². The fraction of sp³-hybridized carbons (Fsp3) is 1.00. The maximum absolute atomic E-state index is 2.50. The number of hydrogen-bond acceptors (Lipinski definition) is 0. The Morgan fingerprint density at radius 1 is 0.500 bits per heavy atom. The molecule has 0 nitrogen and oxygen atoms in total. The van der Waals surface area contributed by atoms with E-state index in [4.69, 9.17) is 0 Å². The summed E-state index contributed by atoms with van der Waals surface area (Å²) in [6.07, 6.45) is 23.2. The first-order valence-electron chi connectivity index (χ1n) is 10.7. The van der Waals surface area contributed by atoms with Crippen molar-refractivity contribution in [2.45, 2.75) is 130 Å². The lowest BCUT2D eigenvalue weighted by Gasteiger charge is -2.20. The summed E-state index contributed by atoms with van der Waals surface area (Å²) in [6.45, 7) is 9.48. The SMILES string of the molecule is CCCCCCCCCCC(C)CC(CCC)CCCCC. The zero-order chi connectivity index (χ0) is 16.5. The monoisotopic (exact) mass is 310 g/mol. The molecule has 0 aliphatic carbocycles. The number of rotatable bonds is 17. The van der Waals surface area contributed by atoms with Gasteiger partial charge in [0.05, 0.1) is 0 Å². The van der Waals surface area contributed by atoms with Crippen molar-refractivity contribution in [1.29, 1.82) is 0 Å². The largest absolute Gasteiger partial charge is 0.0654 e. The molecule has 0 aliphatic heterocycles. The summed E-state index contributed by atoms with van der Waals surface area (Å²) in [4.78, 5) is 0. The van der Waals surface area contributed by atoms with Crippen molar-refractivity contribution in [1.82, 2.24) is 0 Å². The lowest BCUT2D eigenvalue weighted by atomic mass is 9.86. The molecule has 134 valence electrons. The highest BCUT2D eigenvalue weighted by Gasteiger charge is 2.12. The topological polar surface area (TPSA) is 0 Å². The first-order valence-corrected chi connectivity index (χ1v) is 10.7. The molecule has 0 fully saturated rings. The third-order valence-corrected chi connectivity index (χ3v) is 5.20. The number of hydrogen-bond donors (Lipinski definition) is 0. The smallest absolute Gasteiger partial charge is 0.0412 e. The maximum Gasteiger partial charge on any atom is -0.0412 e. The Bertz CT molecular complexity index is 196. The van der Waals surface area contributed by atoms with E-state index < -0.39 is 0 Å². The van der Waals surface area contributed by atoms with Crippen LogP contribution in [0.5, 0.6) is 0 Å². The van der Waals surface area contributed by atoms with Crippen LogP contribution in [0.1, 0.15) is 130 Å². The van der Waals surface area contributed by atoms with E-state index in [0.717, 1.165) is 11.8 Å². The predicted molar refractivity (Wildman–Crippen MR) is 104 cm³/mol. The van der Waals surface area contributed by atoms with Crippen LogP contribution in [0.3, 0.4) is 0 Å². The van der Waals surface area contributed by atoms with Gasteiger partial charge in [0.25, 0.3) is 0 Å². The molecule has 0 saturated heterocycles. The summed E-state index contributed by atoms with van der Waals surface area (Å²) >= 11 is 0. The van der Waals surface area contributed by atoms with Gasteiger partial charge in [0, 0.05) is 0 Å². The van der Waals surface area contributed by atoms with Crippen molar-refractivity contribution in [2.24, 2.45) is 11.8 Å². The van der Waals surface area contributed by atoms with Gasteiger partial charge in [-0.2, -0.15) is 0 Å². The van der Waals surface area contributed by atoms with Gasteiger partial charge < -0.3 is 0 Å². The van der Waals surface area contributed by atoms with Crippen molar-refractivity contribution in [3.8, 4) is 0 Å². The second-order valence-corrected chi connectivity index (χ2v) is 7.75. The molecule has 2 atom stereocenters. The van der Waals surface area contributed by atoms with Crippen LogP contribution in [0.4, 0.5) is 0 Å². The fourth-order valence-electron chi connectivity index (χ4n) is 3.78. The van der Waals surface area contributed by atoms with Crippen LogP contribution in [0.25, 0.3) is 0 Å². The van der Waals surface area contributed by atoms with Gasteiger partial charge in [0.1, 0.15) is 0 Å². The zero-order valence-electron chi connectivity index (χ0n) is 16.5. The molecule has 0 spiro atoms. The minimum Gasteiger partial charge on any atom is -0.0654 e. The summed E-state index contributed by atoms with van der Waals surface area (Å²) in [5.41, 5.74) is 0. The quantitative estimate of drug-likeness (QED) is 0.236. The minimum atomic E-state index is 0.957. The summed E-state index contributed by atoms with van der Waals surface area (Å²) in [6, 6.07) is 0. The average molecular weight is 311 g/mol. The third-order valence-electron chi connectivity index (χ3n) is 5.20. The molecule has 0 rings (SSSR count). The van der Waals surface area contributed by atoms with Gasteiger partial charge in [-0.15, -0.1) is 0 Å². The van der Waals surface area contributed by atoms with Crippen molar-refractivity contribution >= 4 is 0 Å². The first kappa shape index (κ1) is 22.0. The van der Waals surface area contributed by atoms with E-state index >= 15 is 0 Å². The average Bonchev–Trinajstić information content (AvgIpc) is 2.50. The van der Waals surface area contributed by atoms with E-state index in [1.54, 1.807) is 0 Å². The van der Waals surface area contributed by atoms with Crippen LogP contribution in [0.2, 0.25) is 0 Å². The Labute approximate surface area is 142 Å². The lowest BCUT2D eigenvalue weighted by Crippen LogP contribution is -2.07. The molecule has 0 amide bonds. The Kier molecular flexibility index (Phi) is 17.4. The fourth-order valence-corrected chi connectivity index (χ4v) is 3.78. The molecule has 2 unspecified atom stereocenters. The van der Waals surface area contributed by atoms with Gasteiger partial charge in [-0.1, -0.05) is 124 Å². The van der Waals surface area contributed by atoms with Crippen molar-refractivity contribution in [2.75, 3.05) is 0 Å². The summed E-state index contributed by atoms with van der Waals surface area (Å²) in [5.74, 6) is 1.97. The molecule has 0 N–H and O–H groups in total. The van der Waals surface area contributed by atoms with E-state index in [2.05, 4.69) is 27.7 Å². The second-order valence-electron chi connectivity index (χ2n) is 7.75. The molecule has 0 radical (unpaired) electrons. The highest BCUT2D eigenvalue weighted by molar-refractivity contribution is 4.64. The maximum atomic E-state index is 2.50. The third kappa shape index (κ3) is 14.9. The molecule has 0 aromatic heterocycles. The van der Waals surface area contributed by atoms with Crippen molar-refractivity contribution in [3.05, 3.63) is 0 Å². The minimum absolute atomic E-state index is 0.957. The van der Waals surface area contributed by atoms with E-state index in [9.17, 15) is 0 Å². The summed E-state index contributed by atoms with van der Waals surface area (Å²) in [5, 5.41) is 0. The van der Waals surface area contributed by atoms with Crippen LogP contribution in [-0.4, -0.2) is 0 Å². The van der Waals surface area contributed by atoms with Gasteiger partial charge in [0.15, 0.2) is 0 Å². The Morgan fingerprint density at radius 3 is 1.59 bits per heavy atom. The molecular weight excluding hydrogens is 264 g/mol. The Morgan fingerprint density at radius 2 is 1.00 bits per heavy atom. The van der Waals surface area contributed by atoms with E-state index in [0.29, 0.717) is 0 Å². The van der Waals surface area contributed by atoms with Gasteiger partial charge in [-0.05, 0) is 18.3 Å². The normalized spacial score (nSPS) is 14.2. The second kappa shape index (κ2) is 17.4. The van der Waals surface area contributed by atoms with Crippen LogP contribution >= 0.6 is 0 Å². The lowest BCUT2D eigenvalue weighted by molar-refractivity contribution is 0.320. The first-order chi connectivity index (χ1) is 10.7. The van der Waals surface area contributed by atoms with Crippen molar-refractivity contribution in [3.63, 3.8) is 0 Å². The van der Waals surface area contributed by atoms with Gasteiger partial charge >= 0.3 is 0 Å². The molecule has 0 heterocycles. The molecule has 0 aromatic rings. The summed E-state index contributed by atoms with van der Waals surface area (Å²) in [7, 11) is 0. The standard InChI is InChI=1S/C22H46/c1-5-8-10-11-12-13-14-16-18-21(4)20-22(17-7-3)19-15-9-6-2/h21-22H,5-20H2,1-4H3. The number of unbranched alkanes of at least 4 members (excludes halogenated alkanes) is 9. The highest BCUT2D eigenvalue weighted by atomic mass is 14.2.